The minimum atomic E-state index is 0.780. The first-order chi connectivity index (χ1) is 14.7. The van der Waals surface area contributed by atoms with Crippen molar-refractivity contribution in [2.24, 2.45) is 0 Å². The number of pyridine rings is 3. The molecule has 7 heteroatoms. The van der Waals surface area contributed by atoms with Crippen LogP contribution in [0.4, 0.5) is 0 Å². The van der Waals surface area contributed by atoms with Crippen LogP contribution >= 0.6 is 0 Å². The molecule has 0 saturated heterocycles. The Morgan fingerprint density at radius 2 is 1.07 bits per heavy atom. The van der Waals surface area contributed by atoms with Crippen molar-refractivity contribution in [3.63, 3.8) is 0 Å². The Labute approximate surface area is 173 Å². The molecule has 0 spiro atoms. The zero-order chi connectivity index (χ0) is 20.5. The van der Waals surface area contributed by atoms with E-state index in [4.69, 9.17) is 15.2 Å². The highest BCUT2D eigenvalue weighted by molar-refractivity contribution is 5.62. The van der Waals surface area contributed by atoms with Gasteiger partial charge in [0.05, 0.1) is 11.4 Å². The lowest BCUT2D eigenvalue weighted by Crippen LogP contribution is -2.01. The van der Waals surface area contributed by atoms with Gasteiger partial charge in [-0.2, -0.15) is 10.2 Å². The third-order valence-corrected chi connectivity index (χ3v) is 4.78. The van der Waals surface area contributed by atoms with Gasteiger partial charge in [0.15, 0.2) is 11.6 Å². The standard InChI is InChI=1S/C23H19N7/c1-16-14-20(27-29(16)22-10-3-5-12-24-22)18-8-7-9-19(26-18)21-15-17(2)30(28-21)23-11-4-6-13-25-23/h3-15H,1-2H3. The summed E-state index contributed by atoms with van der Waals surface area (Å²) in [6, 6.07) is 21.4. The van der Waals surface area contributed by atoms with Crippen LogP contribution in [0, 0.1) is 13.8 Å². The van der Waals surface area contributed by atoms with Crippen molar-refractivity contribution in [2.75, 3.05) is 0 Å². The van der Waals surface area contributed by atoms with Crippen LogP contribution < -0.4 is 0 Å². The van der Waals surface area contributed by atoms with Crippen molar-refractivity contribution in [3.8, 4) is 34.4 Å². The maximum absolute atomic E-state index is 4.82. The summed E-state index contributed by atoms with van der Waals surface area (Å²) in [6.07, 6.45) is 3.52. The molecule has 5 rings (SSSR count). The Balaban J connectivity index is 1.52. The summed E-state index contributed by atoms with van der Waals surface area (Å²) in [6.45, 7) is 4.01. The molecular formula is C23H19N7. The second-order valence-corrected chi connectivity index (χ2v) is 6.95. The molecule has 5 aromatic rings. The number of aryl methyl sites for hydroxylation is 2. The van der Waals surface area contributed by atoms with Gasteiger partial charge in [-0.3, -0.25) is 0 Å². The SMILES string of the molecule is Cc1cc(-c2cccc(-c3cc(C)n(-c4ccccn4)n3)n2)nn1-c1ccccn1. The molecule has 0 aliphatic heterocycles. The second kappa shape index (κ2) is 7.36. The van der Waals surface area contributed by atoms with Crippen molar-refractivity contribution in [1.29, 1.82) is 0 Å². The van der Waals surface area contributed by atoms with E-state index in [0.717, 1.165) is 45.8 Å². The van der Waals surface area contributed by atoms with E-state index in [-0.39, 0.29) is 0 Å². The first kappa shape index (κ1) is 17.9. The van der Waals surface area contributed by atoms with Crippen molar-refractivity contribution in [2.45, 2.75) is 13.8 Å². The average molecular weight is 393 g/mol. The summed E-state index contributed by atoms with van der Waals surface area (Å²) in [5, 5.41) is 9.42. The maximum atomic E-state index is 4.82. The average Bonchev–Trinajstić information content (AvgIpc) is 3.38. The highest BCUT2D eigenvalue weighted by Crippen LogP contribution is 2.24. The fourth-order valence-electron chi connectivity index (χ4n) is 3.34. The van der Waals surface area contributed by atoms with E-state index in [2.05, 4.69) is 9.97 Å². The van der Waals surface area contributed by atoms with Crippen molar-refractivity contribution >= 4 is 0 Å². The normalized spacial score (nSPS) is 11.0. The molecule has 0 aliphatic carbocycles. The smallest absolute Gasteiger partial charge is 0.153 e. The summed E-state index contributed by atoms with van der Waals surface area (Å²) >= 11 is 0. The minimum Gasteiger partial charge on any atom is -0.244 e. The molecule has 0 saturated carbocycles. The third-order valence-electron chi connectivity index (χ3n) is 4.78. The molecule has 146 valence electrons. The molecule has 0 aliphatic rings. The molecular weight excluding hydrogens is 374 g/mol. The Hall–Kier alpha value is -4.13. The molecule has 0 amide bonds. The summed E-state index contributed by atoms with van der Waals surface area (Å²) in [7, 11) is 0. The predicted octanol–water partition coefficient (Wildman–Crippen LogP) is 4.19. The molecule has 0 bridgehead atoms. The summed E-state index contributed by atoms with van der Waals surface area (Å²) in [5.74, 6) is 1.56. The lowest BCUT2D eigenvalue weighted by molar-refractivity contribution is 0.817. The van der Waals surface area contributed by atoms with E-state index in [1.54, 1.807) is 12.4 Å². The van der Waals surface area contributed by atoms with Crippen LogP contribution in [-0.2, 0) is 0 Å². The van der Waals surface area contributed by atoms with Crippen LogP contribution in [0.2, 0.25) is 0 Å². The van der Waals surface area contributed by atoms with Crippen molar-refractivity contribution < 1.29 is 0 Å². The van der Waals surface area contributed by atoms with Gasteiger partial charge in [-0.15, -0.1) is 0 Å². The van der Waals surface area contributed by atoms with Gasteiger partial charge in [-0.05, 0) is 62.4 Å². The van der Waals surface area contributed by atoms with E-state index >= 15 is 0 Å². The highest BCUT2D eigenvalue weighted by Gasteiger charge is 2.13. The highest BCUT2D eigenvalue weighted by atomic mass is 15.3. The van der Waals surface area contributed by atoms with E-state index in [0.29, 0.717) is 0 Å². The number of rotatable bonds is 4. The van der Waals surface area contributed by atoms with Gasteiger partial charge >= 0.3 is 0 Å². The van der Waals surface area contributed by atoms with Crippen LogP contribution in [0.3, 0.4) is 0 Å². The second-order valence-electron chi connectivity index (χ2n) is 6.95. The van der Waals surface area contributed by atoms with E-state index < -0.39 is 0 Å². The first-order valence-electron chi connectivity index (χ1n) is 9.63. The third kappa shape index (κ3) is 3.26. The van der Waals surface area contributed by atoms with Crippen LogP contribution in [0.25, 0.3) is 34.4 Å². The molecule has 0 fully saturated rings. The Morgan fingerprint density at radius 3 is 1.50 bits per heavy atom. The topological polar surface area (TPSA) is 74.3 Å². The van der Waals surface area contributed by atoms with Crippen LogP contribution in [0.15, 0.2) is 79.1 Å². The molecule has 0 unspecified atom stereocenters. The summed E-state index contributed by atoms with van der Waals surface area (Å²) in [4.78, 5) is 13.6. The van der Waals surface area contributed by atoms with Gasteiger partial charge in [0.1, 0.15) is 11.4 Å². The quantitative estimate of drug-likeness (QED) is 0.458. The zero-order valence-electron chi connectivity index (χ0n) is 16.6. The largest absolute Gasteiger partial charge is 0.244 e. The van der Waals surface area contributed by atoms with Crippen LogP contribution in [0.5, 0.6) is 0 Å². The Morgan fingerprint density at radius 1 is 0.567 bits per heavy atom. The number of nitrogens with zero attached hydrogens (tertiary/aromatic N) is 7. The van der Waals surface area contributed by atoms with E-state index in [9.17, 15) is 0 Å². The summed E-state index contributed by atoms with van der Waals surface area (Å²) in [5.41, 5.74) is 5.14. The lowest BCUT2D eigenvalue weighted by Gasteiger charge is -2.03. The molecule has 30 heavy (non-hydrogen) atoms. The number of aromatic nitrogens is 7. The van der Waals surface area contributed by atoms with Crippen molar-refractivity contribution in [1.82, 2.24) is 34.5 Å². The molecule has 5 aromatic heterocycles. The Bertz CT molecular complexity index is 1210. The monoisotopic (exact) mass is 393 g/mol. The van der Waals surface area contributed by atoms with Gasteiger partial charge in [-0.25, -0.2) is 24.3 Å². The predicted molar refractivity (Wildman–Crippen MR) is 114 cm³/mol. The molecule has 0 radical (unpaired) electrons. The minimum absolute atomic E-state index is 0.780. The van der Waals surface area contributed by atoms with E-state index in [1.807, 2.05) is 89.9 Å². The van der Waals surface area contributed by atoms with Gasteiger partial charge < -0.3 is 0 Å². The lowest BCUT2D eigenvalue weighted by atomic mass is 10.2. The molecule has 0 N–H and O–H groups in total. The zero-order valence-corrected chi connectivity index (χ0v) is 16.6. The first-order valence-corrected chi connectivity index (χ1v) is 9.63. The van der Waals surface area contributed by atoms with Gasteiger partial charge in [0.25, 0.3) is 0 Å². The fraction of sp³-hybridized carbons (Fsp3) is 0.0870. The van der Waals surface area contributed by atoms with Crippen LogP contribution in [0.1, 0.15) is 11.4 Å². The van der Waals surface area contributed by atoms with Gasteiger partial charge in [-0.1, -0.05) is 18.2 Å². The number of hydrogen-bond donors (Lipinski definition) is 0. The molecule has 7 nitrogen and oxygen atoms in total. The maximum Gasteiger partial charge on any atom is 0.153 e. The fourth-order valence-corrected chi connectivity index (χ4v) is 3.34. The van der Waals surface area contributed by atoms with Gasteiger partial charge in [0.2, 0.25) is 0 Å². The van der Waals surface area contributed by atoms with Crippen molar-refractivity contribution in [3.05, 3.63) is 90.5 Å². The Kier molecular flexibility index (Phi) is 4.40. The van der Waals surface area contributed by atoms with E-state index in [1.165, 1.54) is 0 Å². The van der Waals surface area contributed by atoms with Crippen LogP contribution in [-0.4, -0.2) is 34.5 Å². The van der Waals surface area contributed by atoms with Gasteiger partial charge in [0, 0.05) is 23.8 Å². The summed E-state index contributed by atoms with van der Waals surface area (Å²) < 4.78 is 3.65. The molecule has 5 heterocycles. The number of hydrogen-bond acceptors (Lipinski definition) is 5. The molecule has 0 aromatic carbocycles. The molecule has 0 atom stereocenters.